The monoisotopic (exact) mass is 430 g/mol. The Morgan fingerprint density at radius 2 is 1.42 bits per heavy atom. The molecule has 4 heteroatoms. The van der Waals surface area contributed by atoms with Crippen LogP contribution < -0.4 is 0 Å². The van der Waals surface area contributed by atoms with Crippen LogP contribution in [-0.4, -0.2) is 47.6 Å². The molecule has 31 heavy (non-hydrogen) atoms. The van der Waals surface area contributed by atoms with E-state index in [2.05, 4.69) is 88.7 Å². The van der Waals surface area contributed by atoms with E-state index in [0.717, 1.165) is 38.4 Å². The Balaban J connectivity index is 1.43. The topological polar surface area (TPSA) is 23.6 Å². The first-order valence-corrected chi connectivity index (χ1v) is 12.1. The van der Waals surface area contributed by atoms with E-state index in [-0.39, 0.29) is 11.9 Å². The molecule has 1 heterocycles. The number of amides is 1. The van der Waals surface area contributed by atoms with Crippen molar-refractivity contribution in [3.8, 4) is 0 Å². The molecule has 0 saturated carbocycles. The van der Waals surface area contributed by atoms with Crippen molar-refractivity contribution in [2.45, 2.75) is 23.8 Å². The second-order valence-electron chi connectivity index (χ2n) is 7.96. The van der Waals surface area contributed by atoms with Crippen LogP contribution in [0.25, 0.3) is 0 Å². The molecule has 0 bridgehead atoms. The zero-order valence-electron chi connectivity index (χ0n) is 17.9. The molecule has 0 radical (unpaired) electrons. The summed E-state index contributed by atoms with van der Waals surface area (Å²) in [5, 5.41) is 0. The van der Waals surface area contributed by atoms with Gasteiger partial charge in [0.1, 0.15) is 0 Å². The summed E-state index contributed by atoms with van der Waals surface area (Å²) in [6, 6.07) is 31.7. The summed E-state index contributed by atoms with van der Waals surface area (Å²) >= 11 is 1.83. The van der Waals surface area contributed by atoms with E-state index in [1.165, 1.54) is 16.0 Å². The van der Waals surface area contributed by atoms with Crippen molar-refractivity contribution in [1.29, 1.82) is 0 Å². The first kappa shape index (κ1) is 21.7. The number of hydrogen-bond acceptors (Lipinski definition) is 3. The molecule has 0 N–H and O–H groups in total. The predicted octanol–water partition coefficient (Wildman–Crippen LogP) is 5.30. The fraction of sp³-hybridized carbons (Fsp3) is 0.296. The lowest BCUT2D eigenvalue weighted by Crippen LogP contribution is -2.38. The molecule has 4 rings (SSSR count). The normalized spacial score (nSPS) is 16.1. The summed E-state index contributed by atoms with van der Waals surface area (Å²) in [5.74, 6) is 1.13. The standard InChI is InChI=1S/C27H30N2OS/c30-27-17-19-28(18-16-23-10-4-1-5-11-23)20-21-29(27)26(24-12-6-2-7-13-24)22-31-25-14-8-3-9-15-25/h1-15,26H,16-22H2/t26-/m1/s1. The van der Waals surface area contributed by atoms with Crippen LogP contribution in [0.4, 0.5) is 0 Å². The van der Waals surface area contributed by atoms with Gasteiger partial charge in [-0.2, -0.15) is 0 Å². The highest BCUT2D eigenvalue weighted by molar-refractivity contribution is 7.99. The van der Waals surface area contributed by atoms with Crippen LogP contribution in [-0.2, 0) is 11.2 Å². The summed E-state index contributed by atoms with van der Waals surface area (Å²) in [6.07, 6.45) is 1.62. The third kappa shape index (κ3) is 6.22. The maximum Gasteiger partial charge on any atom is 0.224 e. The SMILES string of the molecule is O=C1CCN(CCc2ccccc2)CCN1[C@H](CSc1ccccc1)c1ccccc1. The Bertz CT molecular complexity index is 933. The van der Waals surface area contributed by atoms with Crippen molar-refractivity contribution in [2.75, 3.05) is 31.9 Å². The molecule has 0 aromatic heterocycles. The van der Waals surface area contributed by atoms with Crippen LogP contribution in [0.1, 0.15) is 23.6 Å². The van der Waals surface area contributed by atoms with Crippen LogP contribution in [0.15, 0.2) is 95.9 Å². The van der Waals surface area contributed by atoms with Crippen molar-refractivity contribution in [2.24, 2.45) is 0 Å². The predicted molar refractivity (Wildman–Crippen MR) is 129 cm³/mol. The van der Waals surface area contributed by atoms with Gasteiger partial charge in [-0.15, -0.1) is 11.8 Å². The largest absolute Gasteiger partial charge is 0.333 e. The molecule has 0 aliphatic carbocycles. The Morgan fingerprint density at radius 1 is 0.774 bits per heavy atom. The molecular weight excluding hydrogens is 400 g/mol. The highest BCUT2D eigenvalue weighted by atomic mass is 32.2. The fourth-order valence-corrected chi connectivity index (χ4v) is 5.17. The Labute approximate surface area is 190 Å². The number of rotatable bonds is 8. The van der Waals surface area contributed by atoms with Gasteiger partial charge in [-0.25, -0.2) is 0 Å². The van der Waals surface area contributed by atoms with Crippen molar-refractivity contribution in [3.05, 3.63) is 102 Å². The summed E-state index contributed by atoms with van der Waals surface area (Å²) in [6.45, 7) is 3.55. The minimum absolute atomic E-state index is 0.0907. The van der Waals surface area contributed by atoms with Gasteiger partial charge in [-0.05, 0) is 29.7 Å². The third-order valence-electron chi connectivity index (χ3n) is 5.89. The lowest BCUT2D eigenvalue weighted by molar-refractivity contribution is -0.132. The number of benzene rings is 3. The van der Waals surface area contributed by atoms with E-state index in [4.69, 9.17) is 0 Å². The Morgan fingerprint density at radius 3 is 2.13 bits per heavy atom. The zero-order valence-corrected chi connectivity index (χ0v) is 18.7. The van der Waals surface area contributed by atoms with Crippen molar-refractivity contribution in [3.63, 3.8) is 0 Å². The lowest BCUT2D eigenvalue weighted by atomic mass is 10.1. The summed E-state index contributed by atoms with van der Waals surface area (Å²) in [4.78, 5) is 19.0. The number of carbonyl (C=O) groups is 1. The van der Waals surface area contributed by atoms with Gasteiger partial charge in [0.25, 0.3) is 0 Å². The molecule has 1 aliphatic heterocycles. The number of thioether (sulfide) groups is 1. The van der Waals surface area contributed by atoms with Crippen LogP contribution in [0.3, 0.4) is 0 Å². The highest BCUT2D eigenvalue weighted by Gasteiger charge is 2.28. The van der Waals surface area contributed by atoms with Crippen LogP contribution in [0.5, 0.6) is 0 Å². The summed E-state index contributed by atoms with van der Waals surface area (Å²) < 4.78 is 0. The smallest absolute Gasteiger partial charge is 0.224 e. The quantitative estimate of drug-likeness (QED) is 0.453. The minimum Gasteiger partial charge on any atom is -0.333 e. The maximum absolute atomic E-state index is 13.2. The molecule has 1 aliphatic rings. The van der Waals surface area contributed by atoms with Crippen molar-refractivity contribution >= 4 is 17.7 Å². The lowest BCUT2D eigenvalue weighted by Gasteiger charge is -2.31. The fourth-order valence-electron chi connectivity index (χ4n) is 4.10. The molecule has 3 nitrogen and oxygen atoms in total. The second-order valence-corrected chi connectivity index (χ2v) is 9.06. The first-order valence-electron chi connectivity index (χ1n) is 11.1. The van der Waals surface area contributed by atoms with Gasteiger partial charge in [0.2, 0.25) is 5.91 Å². The maximum atomic E-state index is 13.2. The summed E-state index contributed by atoms with van der Waals surface area (Å²) in [7, 11) is 0. The summed E-state index contributed by atoms with van der Waals surface area (Å²) in [5.41, 5.74) is 2.58. The molecule has 0 unspecified atom stereocenters. The minimum atomic E-state index is 0.0907. The van der Waals surface area contributed by atoms with Gasteiger partial charge in [0, 0.05) is 43.2 Å². The van der Waals surface area contributed by atoms with Crippen molar-refractivity contribution < 1.29 is 4.79 Å². The molecule has 1 amide bonds. The molecule has 3 aromatic carbocycles. The number of hydrogen-bond donors (Lipinski definition) is 0. The molecule has 1 fully saturated rings. The van der Waals surface area contributed by atoms with Gasteiger partial charge >= 0.3 is 0 Å². The average Bonchev–Trinajstić information content (AvgIpc) is 3.01. The van der Waals surface area contributed by atoms with E-state index in [9.17, 15) is 4.79 Å². The molecule has 0 spiro atoms. The average molecular weight is 431 g/mol. The molecule has 1 atom stereocenters. The zero-order chi connectivity index (χ0) is 21.3. The Hall–Kier alpha value is -2.56. The van der Waals surface area contributed by atoms with E-state index in [1.54, 1.807) is 0 Å². The Kier molecular flexibility index (Phi) is 7.81. The van der Waals surface area contributed by atoms with E-state index in [1.807, 2.05) is 23.9 Å². The molecule has 3 aromatic rings. The van der Waals surface area contributed by atoms with Crippen molar-refractivity contribution in [1.82, 2.24) is 9.80 Å². The molecule has 160 valence electrons. The van der Waals surface area contributed by atoms with Gasteiger partial charge < -0.3 is 9.80 Å². The highest BCUT2D eigenvalue weighted by Crippen LogP contribution is 2.30. The van der Waals surface area contributed by atoms with Gasteiger partial charge in [0.15, 0.2) is 0 Å². The third-order valence-corrected chi connectivity index (χ3v) is 6.98. The second kappa shape index (κ2) is 11.2. The van der Waals surface area contributed by atoms with E-state index in [0.29, 0.717) is 6.42 Å². The van der Waals surface area contributed by atoms with Gasteiger partial charge in [0.05, 0.1) is 6.04 Å². The molecule has 1 saturated heterocycles. The van der Waals surface area contributed by atoms with Gasteiger partial charge in [-0.3, -0.25) is 4.79 Å². The van der Waals surface area contributed by atoms with Crippen LogP contribution >= 0.6 is 11.8 Å². The number of carbonyl (C=O) groups excluding carboxylic acids is 1. The van der Waals surface area contributed by atoms with E-state index >= 15 is 0 Å². The van der Waals surface area contributed by atoms with Crippen LogP contribution in [0, 0.1) is 0 Å². The van der Waals surface area contributed by atoms with Gasteiger partial charge in [-0.1, -0.05) is 78.9 Å². The van der Waals surface area contributed by atoms with E-state index < -0.39 is 0 Å². The number of nitrogens with zero attached hydrogens (tertiary/aromatic N) is 2. The van der Waals surface area contributed by atoms with Crippen LogP contribution in [0.2, 0.25) is 0 Å². The molecular formula is C27H30N2OS. The first-order chi connectivity index (χ1) is 15.3.